The molecule has 8 heteroatoms. The SMILES string of the molecule is O=C(CSc1nnc(C2CC2)n1C1CC1)N1CCN(CCOc2ccccc2)CC1. The van der Waals surface area contributed by atoms with Crippen LogP contribution in [0.2, 0.25) is 0 Å². The Labute approximate surface area is 181 Å². The van der Waals surface area contributed by atoms with E-state index >= 15 is 0 Å². The van der Waals surface area contributed by atoms with Gasteiger partial charge < -0.3 is 14.2 Å². The Kier molecular flexibility index (Phi) is 5.95. The standard InChI is InChI=1S/C22H29N5O2S/c28-20(16-30-22-24-23-21(17-6-7-17)27(22)18-8-9-18)26-12-10-25(11-13-26)14-15-29-19-4-2-1-3-5-19/h1-5,17-18H,6-16H2. The third-order valence-corrected chi connectivity index (χ3v) is 6.94. The van der Waals surface area contributed by atoms with E-state index in [-0.39, 0.29) is 5.91 Å². The van der Waals surface area contributed by atoms with Crippen LogP contribution < -0.4 is 4.74 Å². The highest BCUT2D eigenvalue weighted by atomic mass is 32.2. The molecule has 0 unspecified atom stereocenters. The number of amides is 1. The van der Waals surface area contributed by atoms with Crippen LogP contribution >= 0.6 is 11.8 Å². The quantitative estimate of drug-likeness (QED) is 0.574. The fourth-order valence-corrected chi connectivity index (χ4v) is 4.85. The van der Waals surface area contributed by atoms with Crippen LogP contribution in [0.5, 0.6) is 5.75 Å². The van der Waals surface area contributed by atoms with Crippen molar-refractivity contribution in [2.24, 2.45) is 0 Å². The Morgan fingerprint density at radius 2 is 1.80 bits per heavy atom. The molecule has 2 heterocycles. The van der Waals surface area contributed by atoms with Crippen molar-refractivity contribution >= 4 is 17.7 Å². The molecule has 1 aliphatic heterocycles. The van der Waals surface area contributed by atoms with E-state index in [4.69, 9.17) is 4.74 Å². The summed E-state index contributed by atoms with van der Waals surface area (Å²) in [6.45, 7) is 4.94. The fourth-order valence-electron chi connectivity index (χ4n) is 3.93. The number of thioether (sulfide) groups is 1. The first-order chi connectivity index (χ1) is 14.8. The summed E-state index contributed by atoms with van der Waals surface area (Å²) < 4.78 is 8.11. The van der Waals surface area contributed by atoms with Crippen molar-refractivity contribution in [2.75, 3.05) is 45.1 Å². The fraction of sp³-hybridized carbons (Fsp3) is 0.591. The molecule has 3 aliphatic rings. The first kappa shape index (κ1) is 19.9. The molecule has 2 saturated carbocycles. The molecular weight excluding hydrogens is 398 g/mol. The number of carbonyl (C=O) groups is 1. The largest absolute Gasteiger partial charge is 0.492 e. The van der Waals surface area contributed by atoms with E-state index in [1.807, 2.05) is 35.2 Å². The summed E-state index contributed by atoms with van der Waals surface area (Å²) in [6, 6.07) is 10.5. The zero-order valence-electron chi connectivity index (χ0n) is 17.3. The molecule has 0 spiro atoms. The number of piperazine rings is 1. The summed E-state index contributed by atoms with van der Waals surface area (Å²) in [5.41, 5.74) is 0. The van der Waals surface area contributed by atoms with Crippen molar-refractivity contribution in [1.82, 2.24) is 24.6 Å². The molecule has 0 bridgehead atoms. The van der Waals surface area contributed by atoms with Gasteiger partial charge in [-0.25, -0.2) is 0 Å². The Morgan fingerprint density at radius 1 is 1.03 bits per heavy atom. The first-order valence-electron chi connectivity index (χ1n) is 11.0. The van der Waals surface area contributed by atoms with E-state index in [2.05, 4.69) is 19.7 Å². The minimum Gasteiger partial charge on any atom is -0.492 e. The van der Waals surface area contributed by atoms with Gasteiger partial charge in [0.05, 0.1) is 5.75 Å². The van der Waals surface area contributed by atoms with Gasteiger partial charge in [0.25, 0.3) is 0 Å². The van der Waals surface area contributed by atoms with Crippen LogP contribution in [0.15, 0.2) is 35.5 Å². The van der Waals surface area contributed by atoms with Crippen LogP contribution in [0, 0.1) is 0 Å². The summed E-state index contributed by atoms with van der Waals surface area (Å²) >= 11 is 1.56. The van der Waals surface area contributed by atoms with Gasteiger partial charge in [0.2, 0.25) is 5.91 Å². The molecule has 1 aromatic carbocycles. The lowest BCUT2D eigenvalue weighted by Crippen LogP contribution is -2.50. The van der Waals surface area contributed by atoms with Crippen molar-refractivity contribution in [1.29, 1.82) is 0 Å². The first-order valence-corrected chi connectivity index (χ1v) is 12.0. The average molecular weight is 428 g/mol. The van der Waals surface area contributed by atoms with E-state index < -0.39 is 0 Å². The smallest absolute Gasteiger partial charge is 0.233 e. The molecule has 0 N–H and O–H groups in total. The summed E-state index contributed by atoms with van der Waals surface area (Å²) in [5, 5.41) is 9.78. The molecule has 2 aromatic rings. The van der Waals surface area contributed by atoms with Crippen LogP contribution in [-0.2, 0) is 4.79 Å². The normalized spacial score (nSPS) is 19.8. The number of rotatable bonds is 9. The van der Waals surface area contributed by atoms with E-state index in [0.29, 0.717) is 24.3 Å². The van der Waals surface area contributed by atoms with Gasteiger partial charge in [-0.2, -0.15) is 0 Å². The Bertz CT molecular complexity index is 858. The van der Waals surface area contributed by atoms with E-state index in [1.165, 1.54) is 25.7 Å². The lowest BCUT2D eigenvalue weighted by molar-refractivity contribution is -0.130. The minimum atomic E-state index is 0.207. The Balaban J connectivity index is 1.05. The van der Waals surface area contributed by atoms with Crippen LogP contribution in [0.3, 0.4) is 0 Å². The molecule has 1 aromatic heterocycles. The predicted molar refractivity (Wildman–Crippen MR) is 116 cm³/mol. The minimum absolute atomic E-state index is 0.207. The second-order valence-electron chi connectivity index (χ2n) is 8.39. The number of carbonyl (C=O) groups excluding carboxylic acids is 1. The monoisotopic (exact) mass is 427 g/mol. The molecule has 0 atom stereocenters. The number of aromatic nitrogens is 3. The molecule has 1 amide bonds. The van der Waals surface area contributed by atoms with Crippen LogP contribution in [0.1, 0.15) is 43.5 Å². The highest BCUT2D eigenvalue weighted by Crippen LogP contribution is 2.46. The van der Waals surface area contributed by atoms with Gasteiger partial charge in [-0.3, -0.25) is 9.69 Å². The number of ether oxygens (including phenoxy) is 1. The topological polar surface area (TPSA) is 63.5 Å². The molecular formula is C22H29N5O2S. The highest BCUT2D eigenvalue weighted by molar-refractivity contribution is 7.99. The maximum absolute atomic E-state index is 12.7. The van der Waals surface area contributed by atoms with Crippen molar-refractivity contribution in [3.05, 3.63) is 36.2 Å². The van der Waals surface area contributed by atoms with Crippen LogP contribution in [0.4, 0.5) is 0 Å². The van der Waals surface area contributed by atoms with Crippen molar-refractivity contribution < 1.29 is 9.53 Å². The number of hydrogen-bond donors (Lipinski definition) is 0. The second kappa shape index (κ2) is 8.98. The van der Waals surface area contributed by atoms with Crippen molar-refractivity contribution in [2.45, 2.75) is 42.8 Å². The van der Waals surface area contributed by atoms with Gasteiger partial charge >= 0.3 is 0 Å². The molecule has 3 fully saturated rings. The number of benzene rings is 1. The van der Waals surface area contributed by atoms with Gasteiger partial charge in [0.15, 0.2) is 5.16 Å². The van der Waals surface area contributed by atoms with Gasteiger partial charge in [0.1, 0.15) is 18.2 Å². The predicted octanol–water partition coefficient (Wildman–Crippen LogP) is 2.81. The number of para-hydroxylation sites is 1. The summed E-state index contributed by atoms with van der Waals surface area (Å²) in [6.07, 6.45) is 4.90. The molecule has 2 aliphatic carbocycles. The summed E-state index contributed by atoms with van der Waals surface area (Å²) in [7, 11) is 0. The molecule has 160 valence electrons. The lowest BCUT2D eigenvalue weighted by Gasteiger charge is -2.34. The summed E-state index contributed by atoms with van der Waals surface area (Å²) in [4.78, 5) is 17.1. The van der Waals surface area contributed by atoms with E-state index in [1.54, 1.807) is 11.8 Å². The third-order valence-electron chi connectivity index (χ3n) is 6.01. The second-order valence-corrected chi connectivity index (χ2v) is 9.33. The lowest BCUT2D eigenvalue weighted by atomic mass is 10.3. The maximum Gasteiger partial charge on any atom is 0.233 e. The van der Waals surface area contributed by atoms with Crippen molar-refractivity contribution in [3.8, 4) is 5.75 Å². The zero-order valence-corrected chi connectivity index (χ0v) is 18.1. The zero-order chi connectivity index (χ0) is 20.3. The van der Waals surface area contributed by atoms with Gasteiger partial charge in [-0.05, 0) is 37.8 Å². The van der Waals surface area contributed by atoms with Gasteiger partial charge in [-0.1, -0.05) is 30.0 Å². The van der Waals surface area contributed by atoms with Gasteiger partial charge in [0, 0.05) is 44.7 Å². The van der Waals surface area contributed by atoms with E-state index in [0.717, 1.165) is 49.5 Å². The van der Waals surface area contributed by atoms with E-state index in [9.17, 15) is 4.79 Å². The molecule has 1 saturated heterocycles. The van der Waals surface area contributed by atoms with Crippen molar-refractivity contribution in [3.63, 3.8) is 0 Å². The van der Waals surface area contributed by atoms with Gasteiger partial charge in [-0.15, -0.1) is 10.2 Å². The number of hydrogen-bond acceptors (Lipinski definition) is 6. The Morgan fingerprint density at radius 3 is 2.50 bits per heavy atom. The van der Waals surface area contributed by atoms with Crippen LogP contribution in [0.25, 0.3) is 0 Å². The maximum atomic E-state index is 12.7. The van der Waals surface area contributed by atoms with Crippen LogP contribution in [-0.4, -0.2) is 75.6 Å². The Hall–Kier alpha value is -2.06. The average Bonchev–Trinajstić information content (AvgIpc) is 3.72. The molecule has 30 heavy (non-hydrogen) atoms. The third kappa shape index (κ3) is 4.81. The molecule has 0 radical (unpaired) electrons. The molecule has 5 rings (SSSR count). The highest BCUT2D eigenvalue weighted by Gasteiger charge is 2.36. The molecule has 7 nitrogen and oxygen atoms in total. The number of nitrogens with zero attached hydrogens (tertiary/aromatic N) is 5. The summed E-state index contributed by atoms with van der Waals surface area (Å²) in [5.74, 6) is 3.32.